The maximum atomic E-state index is 13.2. The van der Waals surface area contributed by atoms with Crippen molar-refractivity contribution in [2.24, 2.45) is 13.0 Å². The van der Waals surface area contributed by atoms with Crippen molar-refractivity contribution in [1.29, 1.82) is 0 Å². The molecule has 280 valence electrons. The van der Waals surface area contributed by atoms with Crippen LogP contribution in [0, 0.1) is 12.5 Å². The molecule has 6 aromatic rings. The molecule has 2 atom stereocenters. The number of piperazine rings is 1. The molecule has 16 nitrogen and oxygen atoms in total. The number of carbonyl (C=O) groups excluding carboxylic acids is 2. The summed E-state index contributed by atoms with van der Waals surface area (Å²) in [5.41, 5.74) is 7.02. The van der Waals surface area contributed by atoms with Gasteiger partial charge < -0.3 is 15.1 Å². The van der Waals surface area contributed by atoms with Crippen LogP contribution in [0.3, 0.4) is 0 Å². The average molecular weight is 758 g/mol. The van der Waals surface area contributed by atoms with Gasteiger partial charge in [0.1, 0.15) is 6.04 Å². The lowest BCUT2D eigenvalue weighted by Crippen LogP contribution is -2.48. The van der Waals surface area contributed by atoms with E-state index >= 15 is 0 Å². The zero-order valence-electron chi connectivity index (χ0n) is 30.5. The topological polar surface area (TPSA) is 155 Å². The molecule has 2 amide bonds. The van der Waals surface area contributed by atoms with Crippen molar-refractivity contribution >= 4 is 61.9 Å². The summed E-state index contributed by atoms with van der Waals surface area (Å²) in [5, 5.41) is 21.0. The van der Waals surface area contributed by atoms with Crippen LogP contribution in [-0.4, -0.2) is 104 Å². The maximum absolute atomic E-state index is 13.2. The van der Waals surface area contributed by atoms with E-state index in [1.165, 1.54) is 4.57 Å². The Hall–Kier alpha value is -6.12. The number of hydrogen-bond donors (Lipinski definition) is 2. The Kier molecular flexibility index (Phi) is 8.78. The van der Waals surface area contributed by atoms with E-state index in [1.807, 2.05) is 49.6 Å². The van der Waals surface area contributed by atoms with Gasteiger partial charge in [0.15, 0.2) is 5.01 Å². The summed E-state index contributed by atoms with van der Waals surface area (Å²) in [6.07, 6.45) is 5.02. The van der Waals surface area contributed by atoms with E-state index < -0.39 is 11.9 Å². The number of nitrogens with zero attached hydrogens (tertiary/aromatic N) is 11. The molecular formula is C38H39N13O3S. The van der Waals surface area contributed by atoms with Crippen molar-refractivity contribution in [2.75, 3.05) is 68.0 Å². The molecule has 8 heterocycles. The van der Waals surface area contributed by atoms with E-state index in [-0.39, 0.29) is 18.0 Å². The molecule has 3 aliphatic rings. The van der Waals surface area contributed by atoms with E-state index in [2.05, 4.69) is 51.5 Å². The highest BCUT2D eigenvalue weighted by Crippen LogP contribution is 2.36. The van der Waals surface area contributed by atoms with Gasteiger partial charge in [-0.05, 0) is 61.2 Å². The van der Waals surface area contributed by atoms with Gasteiger partial charge in [0.25, 0.3) is 0 Å². The predicted molar refractivity (Wildman–Crippen MR) is 211 cm³/mol. The van der Waals surface area contributed by atoms with Gasteiger partial charge in [-0.3, -0.25) is 33.9 Å². The first-order valence-corrected chi connectivity index (χ1v) is 19.2. The smallest absolute Gasteiger partial charge is 0.329 e. The molecular weight excluding hydrogens is 719 g/mol. The fourth-order valence-electron chi connectivity index (χ4n) is 8.15. The van der Waals surface area contributed by atoms with Crippen LogP contribution in [0.2, 0.25) is 0 Å². The Morgan fingerprint density at radius 2 is 1.82 bits per heavy atom. The molecule has 0 bridgehead atoms. The zero-order chi connectivity index (χ0) is 37.8. The standard InChI is InChI=1S/C38H39N13O3S/c1-39-24-16-26-5-6-30(51(26)42-19-24)29-18-28(40-2)27(20-41-29)36-44-45-37(55-36)48-14-12-47(13-15-48)21-23-10-11-49(22-23)25-4-7-31-33(17-25)46(3)38(54)50(31)32-8-9-34(52)43-35(32)53/h4-7,16-20,23,32H,8-15,21-22H2,2-3H3,(H,40,41)(H,43,52,53)/t23-,32?/m1/s1. The lowest BCUT2D eigenvalue weighted by molar-refractivity contribution is -0.135. The second-order valence-corrected chi connectivity index (χ2v) is 15.3. The molecule has 1 aromatic carbocycles. The van der Waals surface area contributed by atoms with Gasteiger partial charge in [-0.15, -0.1) is 10.2 Å². The molecule has 0 aliphatic carbocycles. The first kappa shape index (κ1) is 34.6. The zero-order valence-corrected chi connectivity index (χ0v) is 31.3. The number of fused-ring (bicyclic) bond motifs is 2. The summed E-state index contributed by atoms with van der Waals surface area (Å²) in [7, 11) is 3.62. The van der Waals surface area contributed by atoms with E-state index in [0.717, 1.165) is 102 Å². The Labute approximate surface area is 319 Å². The first-order valence-electron chi connectivity index (χ1n) is 18.4. The summed E-state index contributed by atoms with van der Waals surface area (Å²) in [4.78, 5) is 53.0. The fourth-order valence-corrected chi connectivity index (χ4v) is 9.07. The minimum atomic E-state index is -0.690. The molecule has 2 N–H and O–H groups in total. The number of aromatic nitrogens is 7. The number of rotatable bonds is 8. The van der Waals surface area contributed by atoms with Crippen LogP contribution in [0.15, 0.2) is 59.7 Å². The van der Waals surface area contributed by atoms with Crippen LogP contribution in [-0.2, 0) is 16.6 Å². The summed E-state index contributed by atoms with van der Waals surface area (Å²) in [6, 6.07) is 13.0. The summed E-state index contributed by atoms with van der Waals surface area (Å²) < 4.78 is 4.92. The molecule has 0 spiro atoms. The van der Waals surface area contributed by atoms with Gasteiger partial charge in [0, 0.05) is 83.9 Å². The third-order valence-electron chi connectivity index (χ3n) is 11.1. The lowest BCUT2D eigenvalue weighted by atomic mass is 10.1. The van der Waals surface area contributed by atoms with Gasteiger partial charge in [0.2, 0.25) is 22.6 Å². The fraction of sp³-hybridized carbons (Fsp3) is 0.368. The molecule has 1 unspecified atom stereocenters. The van der Waals surface area contributed by atoms with E-state index in [9.17, 15) is 14.4 Å². The van der Waals surface area contributed by atoms with Gasteiger partial charge in [-0.25, -0.2) is 14.2 Å². The predicted octanol–water partition coefficient (Wildman–Crippen LogP) is 3.79. The highest BCUT2D eigenvalue weighted by atomic mass is 32.1. The number of benzene rings is 1. The number of amides is 2. The summed E-state index contributed by atoms with van der Waals surface area (Å²) in [6.45, 7) is 13.8. The van der Waals surface area contributed by atoms with Crippen molar-refractivity contribution < 1.29 is 9.59 Å². The summed E-state index contributed by atoms with van der Waals surface area (Å²) >= 11 is 1.57. The molecule has 9 rings (SSSR count). The van der Waals surface area contributed by atoms with Crippen LogP contribution < -0.4 is 26.1 Å². The minimum absolute atomic E-state index is 0.219. The molecule has 0 saturated carbocycles. The van der Waals surface area contributed by atoms with Crippen LogP contribution >= 0.6 is 11.3 Å². The van der Waals surface area contributed by atoms with Crippen molar-refractivity contribution in [1.82, 2.24) is 44.1 Å². The molecule has 17 heteroatoms. The second kappa shape index (κ2) is 13.9. The van der Waals surface area contributed by atoms with Gasteiger partial charge in [-0.2, -0.15) is 5.10 Å². The quantitative estimate of drug-likeness (QED) is 0.172. The normalized spacial score (nSPS) is 19.4. The average Bonchev–Trinajstić information content (AvgIpc) is 4.02. The molecule has 5 aromatic heterocycles. The van der Waals surface area contributed by atoms with Crippen molar-refractivity contribution in [3.63, 3.8) is 0 Å². The Morgan fingerprint density at radius 1 is 0.964 bits per heavy atom. The Balaban J connectivity index is 0.818. The third-order valence-corrected chi connectivity index (χ3v) is 12.1. The highest BCUT2D eigenvalue weighted by molar-refractivity contribution is 7.18. The molecule has 0 radical (unpaired) electrons. The van der Waals surface area contributed by atoms with Crippen LogP contribution in [0.25, 0.3) is 43.4 Å². The SMILES string of the molecule is [C-]#[N+]c1cnn2c(-c3cc(NC)c(-c4nnc(N5CCN(C[C@H]6CCN(c7ccc8c(c7)n(C)c(=O)n8C7CCC(=O)NC7=O)C6)CC5)s4)cn3)ccc2c1. The number of piperidine rings is 1. The monoisotopic (exact) mass is 757 g/mol. The first-order chi connectivity index (χ1) is 26.8. The lowest BCUT2D eigenvalue weighted by Gasteiger charge is -2.35. The number of pyridine rings is 1. The van der Waals surface area contributed by atoms with Crippen molar-refractivity contribution in [3.05, 3.63) is 76.8 Å². The second-order valence-electron chi connectivity index (χ2n) is 14.4. The van der Waals surface area contributed by atoms with E-state index in [4.69, 9.17) is 11.6 Å². The number of imidazole rings is 1. The third kappa shape index (κ3) is 6.26. The number of aryl methyl sites for hydroxylation is 1. The molecule has 55 heavy (non-hydrogen) atoms. The maximum Gasteiger partial charge on any atom is 0.329 e. The number of anilines is 3. The number of nitrogens with one attached hydrogen (secondary N) is 2. The Bertz CT molecular complexity index is 2570. The van der Waals surface area contributed by atoms with E-state index in [1.54, 1.807) is 33.7 Å². The van der Waals surface area contributed by atoms with E-state index in [0.29, 0.717) is 23.5 Å². The molecule has 3 aliphatic heterocycles. The van der Waals surface area contributed by atoms with Crippen molar-refractivity contribution in [2.45, 2.75) is 25.3 Å². The van der Waals surface area contributed by atoms with Gasteiger partial charge >= 0.3 is 5.69 Å². The van der Waals surface area contributed by atoms with Crippen LogP contribution in [0.1, 0.15) is 25.3 Å². The van der Waals surface area contributed by atoms with Gasteiger partial charge in [-0.1, -0.05) is 11.3 Å². The largest absolute Gasteiger partial charge is 0.387 e. The Morgan fingerprint density at radius 3 is 2.62 bits per heavy atom. The summed E-state index contributed by atoms with van der Waals surface area (Å²) in [5.74, 6) is -0.193. The number of imide groups is 1. The number of hydrogen-bond acceptors (Lipinski definition) is 12. The number of carbonyl (C=O) groups is 2. The molecule has 3 saturated heterocycles. The van der Waals surface area contributed by atoms with Crippen LogP contribution in [0.4, 0.5) is 22.2 Å². The van der Waals surface area contributed by atoms with Crippen LogP contribution in [0.5, 0.6) is 0 Å². The van der Waals surface area contributed by atoms with Crippen molar-refractivity contribution in [3.8, 4) is 22.0 Å². The molecule has 3 fully saturated rings. The highest BCUT2D eigenvalue weighted by Gasteiger charge is 2.32. The minimum Gasteiger partial charge on any atom is -0.387 e. The van der Waals surface area contributed by atoms with Gasteiger partial charge in [0.05, 0.1) is 46.3 Å².